The minimum absolute atomic E-state index is 0.0512. The molecule has 0 radical (unpaired) electrons. The smallest absolute Gasteiger partial charge is 0.416 e. The summed E-state index contributed by atoms with van der Waals surface area (Å²) in [5.41, 5.74) is -0.643. The van der Waals surface area contributed by atoms with Gasteiger partial charge < -0.3 is 9.47 Å². The van der Waals surface area contributed by atoms with Gasteiger partial charge in [-0.15, -0.1) is 0 Å². The number of nitrogens with zero attached hydrogens (tertiary/aromatic N) is 1. The Bertz CT molecular complexity index is 635. The number of Topliss-reactive ketones (excluding diaryl/α,β-unsaturated/α-hetero) is 1. The number of benzene rings is 1. The molecule has 0 saturated carbocycles. The standard InChI is InChI=1S/C15H14F3NO3/c1-3-21-8-11-13(20)12(14(19-2)22-11)9-5-4-6-10(7-9)15(16,17)18/h4-8,12H,3H2,1-2H3. The van der Waals surface area contributed by atoms with Crippen LogP contribution in [0.5, 0.6) is 0 Å². The van der Waals surface area contributed by atoms with Gasteiger partial charge in [0.05, 0.1) is 12.2 Å². The lowest BCUT2D eigenvalue weighted by Gasteiger charge is -2.11. The van der Waals surface area contributed by atoms with Gasteiger partial charge in [-0.3, -0.25) is 9.79 Å². The van der Waals surface area contributed by atoms with Crippen LogP contribution in [-0.4, -0.2) is 25.3 Å². The predicted molar refractivity (Wildman–Crippen MR) is 73.3 cm³/mol. The normalized spacial score (nSPS) is 22.2. The van der Waals surface area contributed by atoms with Gasteiger partial charge in [0.15, 0.2) is 0 Å². The van der Waals surface area contributed by atoms with Gasteiger partial charge in [0, 0.05) is 7.05 Å². The van der Waals surface area contributed by atoms with Crippen LogP contribution in [0.25, 0.3) is 0 Å². The fourth-order valence-electron chi connectivity index (χ4n) is 2.08. The largest absolute Gasteiger partial charge is 0.497 e. The molecule has 1 unspecified atom stereocenters. The van der Waals surface area contributed by atoms with Crippen LogP contribution in [0.1, 0.15) is 24.0 Å². The number of carbonyl (C=O) groups is 1. The van der Waals surface area contributed by atoms with Crippen LogP contribution in [0.2, 0.25) is 0 Å². The Morgan fingerprint density at radius 1 is 1.41 bits per heavy atom. The molecule has 1 aromatic carbocycles. The summed E-state index contributed by atoms with van der Waals surface area (Å²) >= 11 is 0. The number of allylic oxidation sites excluding steroid dienone is 1. The summed E-state index contributed by atoms with van der Waals surface area (Å²) in [6, 6.07) is 4.57. The lowest BCUT2D eigenvalue weighted by Crippen LogP contribution is -2.14. The van der Waals surface area contributed by atoms with Crippen molar-refractivity contribution < 1.29 is 27.4 Å². The molecule has 0 N–H and O–H groups in total. The maximum atomic E-state index is 12.8. The Balaban J connectivity index is 2.41. The monoisotopic (exact) mass is 313 g/mol. The predicted octanol–water partition coefficient (Wildman–Crippen LogP) is 3.29. The van der Waals surface area contributed by atoms with E-state index in [2.05, 4.69) is 4.99 Å². The molecule has 4 nitrogen and oxygen atoms in total. The molecular formula is C15H14F3NO3. The molecule has 0 bridgehead atoms. The second kappa shape index (κ2) is 6.21. The number of alkyl halides is 3. The van der Waals surface area contributed by atoms with Gasteiger partial charge in [-0.1, -0.05) is 18.2 Å². The Morgan fingerprint density at radius 3 is 2.73 bits per heavy atom. The SMILES string of the molecule is CCOC=C1OC(=NC)C(c2cccc(C(F)(F)F)c2)C1=O. The number of hydrogen-bond donors (Lipinski definition) is 0. The molecule has 0 amide bonds. The van der Waals surface area contributed by atoms with Crippen LogP contribution in [0.3, 0.4) is 0 Å². The third-order valence-electron chi connectivity index (χ3n) is 3.09. The first-order chi connectivity index (χ1) is 10.4. The van der Waals surface area contributed by atoms with E-state index in [1.807, 2.05) is 0 Å². The molecule has 7 heteroatoms. The van der Waals surface area contributed by atoms with E-state index in [-0.39, 0.29) is 17.2 Å². The highest BCUT2D eigenvalue weighted by Gasteiger charge is 2.40. The van der Waals surface area contributed by atoms with E-state index in [1.54, 1.807) is 6.92 Å². The van der Waals surface area contributed by atoms with E-state index in [4.69, 9.17) is 9.47 Å². The van der Waals surface area contributed by atoms with Gasteiger partial charge in [-0.05, 0) is 18.6 Å². The number of carbonyl (C=O) groups excluding carboxylic acids is 1. The van der Waals surface area contributed by atoms with Crippen LogP contribution in [-0.2, 0) is 20.4 Å². The highest BCUT2D eigenvalue weighted by Crippen LogP contribution is 2.35. The first-order valence-electron chi connectivity index (χ1n) is 6.56. The van der Waals surface area contributed by atoms with Crippen LogP contribution >= 0.6 is 0 Å². The Morgan fingerprint density at radius 2 is 2.14 bits per heavy atom. The van der Waals surface area contributed by atoms with Gasteiger partial charge in [0.25, 0.3) is 0 Å². The van der Waals surface area contributed by atoms with Crippen molar-refractivity contribution in [2.45, 2.75) is 19.0 Å². The summed E-state index contributed by atoms with van der Waals surface area (Å²) in [6.45, 7) is 2.07. The molecule has 22 heavy (non-hydrogen) atoms. The first-order valence-corrected chi connectivity index (χ1v) is 6.56. The lowest BCUT2D eigenvalue weighted by molar-refractivity contribution is -0.137. The molecular weight excluding hydrogens is 299 g/mol. The zero-order chi connectivity index (χ0) is 16.3. The molecule has 1 heterocycles. The average molecular weight is 313 g/mol. The second-order valence-electron chi connectivity index (χ2n) is 4.52. The summed E-state index contributed by atoms with van der Waals surface area (Å²) in [5, 5.41) is 0. The minimum Gasteiger partial charge on any atom is -0.497 e. The number of hydrogen-bond acceptors (Lipinski definition) is 4. The van der Waals surface area contributed by atoms with Crippen LogP contribution < -0.4 is 0 Å². The van der Waals surface area contributed by atoms with E-state index in [0.717, 1.165) is 18.4 Å². The number of ketones is 1. The van der Waals surface area contributed by atoms with Gasteiger partial charge in [-0.25, -0.2) is 0 Å². The van der Waals surface area contributed by atoms with Gasteiger partial charge in [0.1, 0.15) is 12.2 Å². The zero-order valence-electron chi connectivity index (χ0n) is 12.0. The highest BCUT2D eigenvalue weighted by atomic mass is 19.4. The van der Waals surface area contributed by atoms with Crippen molar-refractivity contribution >= 4 is 11.7 Å². The lowest BCUT2D eigenvalue weighted by atomic mass is 9.94. The molecule has 0 aliphatic carbocycles. The topological polar surface area (TPSA) is 47.9 Å². The van der Waals surface area contributed by atoms with Crippen LogP contribution in [0.15, 0.2) is 41.3 Å². The van der Waals surface area contributed by atoms with Crippen molar-refractivity contribution in [3.63, 3.8) is 0 Å². The Labute approximate surface area is 125 Å². The van der Waals surface area contributed by atoms with Crippen LogP contribution in [0, 0.1) is 0 Å². The molecule has 0 aromatic heterocycles. The van der Waals surface area contributed by atoms with Crippen molar-refractivity contribution in [3.05, 3.63) is 47.4 Å². The summed E-state index contributed by atoms with van der Waals surface area (Å²) < 4.78 is 48.7. The molecule has 1 atom stereocenters. The summed E-state index contributed by atoms with van der Waals surface area (Å²) in [7, 11) is 1.41. The number of rotatable bonds is 3. The van der Waals surface area contributed by atoms with E-state index in [1.165, 1.54) is 19.2 Å². The summed E-state index contributed by atoms with van der Waals surface area (Å²) in [5.74, 6) is -1.48. The van der Waals surface area contributed by atoms with E-state index >= 15 is 0 Å². The van der Waals surface area contributed by atoms with Gasteiger partial charge in [-0.2, -0.15) is 13.2 Å². The van der Waals surface area contributed by atoms with Crippen molar-refractivity contribution in [3.8, 4) is 0 Å². The van der Waals surface area contributed by atoms with E-state index < -0.39 is 23.4 Å². The highest BCUT2D eigenvalue weighted by molar-refractivity contribution is 6.18. The first kappa shape index (κ1) is 16.1. The Hall–Kier alpha value is -2.31. The van der Waals surface area contributed by atoms with E-state index in [9.17, 15) is 18.0 Å². The summed E-state index contributed by atoms with van der Waals surface area (Å²) in [6.07, 6.45) is -3.33. The Kier molecular flexibility index (Phi) is 4.54. The zero-order valence-corrected chi connectivity index (χ0v) is 12.0. The number of aliphatic imine (C=N–C) groups is 1. The van der Waals surface area contributed by atoms with Crippen molar-refractivity contribution in [2.24, 2.45) is 4.99 Å². The summed E-state index contributed by atoms with van der Waals surface area (Å²) in [4.78, 5) is 16.1. The molecule has 118 valence electrons. The molecule has 1 aliphatic rings. The molecule has 2 rings (SSSR count). The number of ether oxygens (including phenoxy) is 2. The minimum atomic E-state index is -4.48. The van der Waals surface area contributed by atoms with Crippen molar-refractivity contribution in [1.82, 2.24) is 0 Å². The van der Waals surface area contributed by atoms with E-state index in [0.29, 0.717) is 6.61 Å². The fourth-order valence-corrected chi connectivity index (χ4v) is 2.08. The number of halogens is 3. The third-order valence-corrected chi connectivity index (χ3v) is 3.09. The molecule has 1 saturated heterocycles. The fraction of sp³-hybridized carbons (Fsp3) is 0.333. The quantitative estimate of drug-likeness (QED) is 0.635. The van der Waals surface area contributed by atoms with Gasteiger partial charge >= 0.3 is 6.18 Å². The van der Waals surface area contributed by atoms with Crippen LogP contribution in [0.4, 0.5) is 13.2 Å². The molecule has 1 fully saturated rings. The average Bonchev–Trinajstić information content (AvgIpc) is 2.80. The maximum Gasteiger partial charge on any atom is 0.416 e. The van der Waals surface area contributed by atoms with Crippen molar-refractivity contribution in [1.29, 1.82) is 0 Å². The molecule has 0 spiro atoms. The third kappa shape index (κ3) is 3.13. The van der Waals surface area contributed by atoms with Crippen molar-refractivity contribution in [2.75, 3.05) is 13.7 Å². The van der Waals surface area contributed by atoms with Gasteiger partial charge in [0.2, 0.25) is 17.4 Å². The second-order valence-corrected chi connectivity index (χ2v) is 4.52. The molecule has 1 aliphatic heterocycles. The maximum absolute atomic E-state index is 12.8. The molecule has 1 aromatic rings.